The lowest BCUT2D eigenvalue weighted by Crippen LogP contribution is -2.33. The van der Waals surface area contributed by atoms with Crippen LogP contribution in [0.4, 0.5) is 0 Å². The number of amides is 1. The van der Waals surface area contributed by atoms with Crippen LogP contribution in [0, 0.1) is 0 Å². The number of rotatable bonds is 6. The van der Waals surface area contributed by atoms with E-state index in [9.17, 15) is 4.79 Å². The lowest BCUT2D eigenvalue weighted by Gasteiger charge is -2.20. The highest BCUT2D eigenvalue weighted by Gasteiger charge is 2.11. The average Bonchev–Trinajstić information content (AvgIpc) is 2.48. The van der Waals surface area contributed by atoms with Crippen LogP contribution in [-0.2, 0) is 11.2 Å². The monoisotopic (exact) mass is 289 g/mol. The van der Waals surface area contributed by atoms with E-state index in [2.05, 4.69) is 24.3 Å². The first-order valence-electron chi connectivity index (χ1n) is 7.06. The number of carbonyl (C=O) groups is 1. The number of fused-ring (bicyclic) bond motifs is 1. The van der Waals surface area contributed by atoms with Crippen LogP contribution in [0.3, 0.4) is 0 Å². The molecule has 0 saturated carbocycles. The first-order chi connectivity index (χ1) is 9.74. The number of benzene rings is 2. The maximum absolute atomic E-state index is 12.3. The third-order valence-corrected chi connectivity index (χ3v) is 3.73. The lowest BCUT2D eigenvalue weighted by atomic mass is 10.0. The van der Waals surface area contributed by atoms with Crippen molar-refractivity contribution in [3.05, 3.63) is 48.0 Å². The van der Waals surface area contributed by atoms with E-state index in [0.29, 0.717) is 12.3 Å². The maximum Gasteiger partial charge on any atom is 0.226 e. The number of nitrogens with zero attached hydrogens (tertiary/aromatic N) is 1. The topological polar surface area (TPSA) is 20.3 Å². The quantitative estimate of drug-likeness (QED) is 0.740. The van der Waals surface area contributed by atoms with E-state index >= 15 is 0 Å². The zero-order chi connectivity index (χ0) is 14.4. The summed E-state index contributed by atoms with van der Waals surface area (Å²) in [5.74, 6) is 0.771. The molecule has 3 heteroatoms. The second kappa shape index (κ2) is 7.30. The van der Waals surface area contributed by atoms with Crippen molar-refractivity contribution in [2.24, 2.45) is 0 Å². The van der Waals surface area contributed by atoms with Crippen molar-refractivity contribution in [1.82, 2.24) is 4.90 Å². The van der Waals surface area contributed by atoms with Crippen molar-refractivity contribution in [2.45, 2.75) is 19.8 Å². The Bertz CT molecular complexity index is 582. The van der Waals surface area contributed by atoms with E-state index in [0.717, 1.165) is 25.1 Å². The molecule has 0 aliphatic heterocycles. The molecule has 20 heavy (non-hydrogen) atoms. The van der Waals surface area contributed by atoms with Gasteiger partial charge in [-0.15, -0.1) is 11.6 Å². The van der Waals surface area contributed by atoms with Gasteiger partial charge in [0.2, 0.25) is 5.91 Å². The molecule has 106 valence electrons. The molecule has 0 aliphatic rings. The summed E-state index contributed by atoms with van der Waals surface area (Å²) >= 11 is 5.69. The van der Waals surface area contributed by atoms with Crippen molar-refractivity contribution in [3.8, 4) is 0 Å². The molecule has 0 aromatic heterocycles. The molecule has 2 aromatic rings. The molecule has 0 unspecified atom stereocenters. The maximum atomic E-state index is 12.3. The van der Waals surface area contributed by atoms with Gasteiger partial charge in [-0.2, -0.15) is 0 Å². The van der Waals surface area contributed by atoms with Crippen LogP contribution in [0.25, 0.3) is 10.8 Å². The molecule has 0 spiro atoms. The van der Waals surface area contributed by atoms with Gasteiger partial charge in [-0.25, -0.2) is 0 Å². The summed E-state index contributed by atoms with van der Waals surface area (Å²) in [5, 5.41) is 2.39. The standard InChI is InChI=1S/C17H20ClNO/c1-2-19(11-5-10-18)17(20)13-14-8-9-15-6-3-4-7-16(15)12-14/h3-4,6-9,12H,2,5,10-11,13H2,1H3. The average molecular weight is 290 g/mol. The van der Waals surface area contributed by atoms with Crippen molar-refractivity contribution in [2.75, 3.05) is 19.0 Å². The lowest BCUT2D eigenvalue weighted by molar-refractivity contribution is -0.130. The molecule has 1 amide bonds. The van der Waals surface area contributed by atoms with Crippen LogP contribution in [0.5, 0.6) is 0 Å². The summed E-state index contributed by atoms with van der Waals surface area (Å²) in [6.07, 6.45) is 1.31. The van der Waals surface area contributed by atoms with Crippen LogP contribution < -0.4 is 0 Å². The Labute approximate surface area is 125 Å². The Morgan fingerprint density at radius 3 is 2.60 bits per heavy atom. The molecular weight excluding hydrogens is 270 g/mol. The Morgan fingerprint density at radius 1 is 1.15 bits per heavy atom. The van der Waals surface area contributed by atoms with E-state index in [1.165, 1.54) is 10.8 Å². The summed E-state index contributed by atoms with van der Waals surface area (Å²) in [7, 11) is 0. The van der Waals surface area contributed by atoms with Gasteiger partial charge in [-0.05, 0) is 29.7 Å². The number of alkyl halides is 1. The zero-order valence-electron chi connectivity index (χ0n) is 11.8. The largest absolute Gasteiger partial charge is 0.343 e. The van der Waals surface area contributed by atoms with Gasteiger partial charge in [0, 0.05) is 19.0 Å². The minimum absolute atomic E-state index is 0.174. The van der Waals surface area contributed by atoms with E-state index in [4.69, 9.17) is 11.6 Å². The molecule has 2 rings (SSSR count). The highest BCUT2D eigenvalue weighted by molar-refractivity contribution is 6.17. The van der Waals surface area contributed by atoms with Crippen LogP contribution >= 0.6 is 11.6 Å². The van der Waals surface area contributed by atoms with E-state index in [1.54, 1.807) is 0 Å². The molecule has 2 aromatic carbocycles. The van der Waals surface area contributed by atoms with Gasteiger partial charge in [0.25, 0.3) is 0 Å². The summed E-state index contributed by atoms with van der Waals surface area (Å²) in [4.78, 5) is 14.1. The first kappa shape index (κ1) is 14.9. The fourth-order valence-electron chi connectivity index (χ4n) is 2.34. The Hall–Kier alpha value is -1.54. The molecule has 0 aliphatic carbocycles. The van der Waals surface area contributed by atoms with Gasteiger partial charge >= 0.3 is 0 Å². The first-order valence-corrected chi connectivity index (χ1v) is 7.59. The zero-order valence-corrected chi connectivity index (χ0v) is 12.6. The number of hydrogen-bond donors (Lipinski definition) is 0. The third-order valence-electron chi connectivity index (χ3n) is 3.47. The van der Waals surface area contributed by atoms with Gasteiger partial charge in [-0.3, -0.25) is 4.79 Å². The molecule has 0 bridgehead atoms. The Balaban J connectivity index is 2.08. The van der Waals surface area contributed by atoms with Crippen LogP contribution in [0.1, 0.15) is 18.9 Å². The SMILES string of the molecule is CCN(CCCCl)C(=O)Cc1ccc2ccccc2c1. The van der Waals surface area contributed by atoms with E-state index in [1.807, 2.05) is 30.0 Å². The number of hydrogen-bond acceptors (Lipinski definition) is 1. The molecule has 0 fully saturated rings. The van der Waals surface area contributed by atoms with E-state index in [-0.39, 0.29) is 5.91 Å². The highest BCUT2D eigenvalue weighted by atomic mass is 35.5. The predicted octanol–water partition coefficient (Wildman–Crippen LogP) is 3.86. The fraction of sp³-hybridized carbons (Fsp3) is 0.353. The summed E-state index contributed by atoms with van der Waals surface area (Å²) < 4.78 is 0. The van der Waals surface area contributed by atoms with Gasteiger partial charge in [0.1, 0.15) is 0 Å². The van der Waals surface area contributed by atoms with Gasteiger partial charge in [-0.1, -0.05) is 42.5 Å². The van der Waals surface area contributed by atoms with Crippen molar-refractivity contribution in [1.29, 1.82) is 0 Å². The summed E-state index contributed by atoms with van der Waals surface area (Å²) in [5.41, 5.74) is 1.07. The molecule has 2 nitrogen and oxygen atoms in total. The Kier molecular flexibility index (Phi) is 5.42. The number of likely N-dealkylation sites (N-methyl/N-ethyl adjacent to an activating group) is 1. The van der Waals surface area contributed by atoms with Gasteiger partial charge < -0.3 is 4.90 Å². The fourth-order valence-corrected chi connectivity index (χ4v) is 2.46. The van der Waals surface area contributed by atoms with Crippen LogP contribution in [-0.4, -0.2) is 29.8 Å². The third kappa shape index (κ3) is 3.73. The van der Waals surface area contributed by atoms with Crippen molar-refractivity contribution >= 4 is 28.3 Å². The molecule has 0 N–H and O–H groups in total. The van der Waals surface area contributed by atoms with Crippen LogP contribution in [0.15, 0.2) is 42.5 Å². The van der Waals surface area contributed by atoms with Crippen LogP contribution in [0.2, 0.25) is 0 Å². The van der Waals surface area contributed by atoms with Crippen molar-refractivity contribution in [3.63, 3.8) is 0 Å². The van der Waals surface area contributed by atoms with Crippen molar-refractivity contribution < 1.29 is 4.79 Å². The second-order valence-corrected chi connectivity index (χ2v) is 5.25. The molecule has 0 atom stereocenters. The Morgan fingerprint density at radius 2 is 1.90 bits per heavy atom. The van der Waals surface area contributed by atoms with Gasteiger partial charge in [0.15, 0.2) is 0 Å². The summed E-state index contributed by atoms with van der Waals surface area (Å²) in [6, 6.07) is 14.4. The van der Waals surface area contributed by atoms with Gasteiger partial charge in [0.05, 0.1) is 6.42 Å². The molecule has 0 radical (unpaired) electrons. The molecular formula is C17H20ClNO. The number of carbonyl (C=O) groups excluding carboxylic acids is 1. The second-order valence-electron chi connectivity index (χ2n) is 4.87. The van der Waals surface area contributed by atoms with E-state index < -0.39 is 0 Å². The minimum Gasteiger partial charge on any atom is -0.343 e. The smallest absolute Gasteiger partial charge is 0.226 e. The normalized spacial score (nSPS) is 10.7. The number of halogens is 1. The summed E-state index contributed by atoms with van der Waals surface area (Å²) in [6.45, 7) is 3.49. The molecule has 0 heterocycles. The predicted molar refractivity (Wildman–Crippen MR) is 85.2 cm³/mol. The highest BCUT2D eigenvalue weighted by Crippen LogP contribution is 2.16. The minimum atomic E-state index is 0.174. The molecule has 0 saturated heterocycles.